The number of aliphatic hydroxyl groups is 3. The largest absolute Gasteiger partial charge is 0.479 e. The average Bonchev–Trinajstić information content (AvgIpc) is 3.09. The molecule has 9 heteroatoms. The van der Waals surface area contributed by atoms with Crippen molar-refractivity contribution in [2.24, 2.45) is 0 Å². The molecule has 0 unspecified atom stereocenters. The summed E-state index contributed by atoms with van der Waals surface area (Å²) >= 11 is 0. The molecule has 5 N–H and O–H groups in total. The lowest BCUT2D eigenvalue weighted by Gasteiger charge is -2.38. The van der Waals surface area contributed by atoms with E-state index in [1.807, 2.05) is 48.5 Å². The number of aliphatic carboxylic acids is 1. The molecule has 0 bridgehead atoms. The number of rotatable bonds is 5. The molecule has 2 aliphatic rings. The van der Waals surface area contributed by atoms with Crippen LogP contribution in [0.5, 0.6) is 0 Å². The van der Waals surface area contributed by atoms with Crippen molar-refractivity contribution >= 4 is 12.1 Å². The maximum Gasteiger partial charge on any atom is 0.407 e. The first-order valence-electron chi connectivity index (χ1n) is 9.89. The maximum atomic E-state index is 12.2. The molecular formula is C22H23NO8. The number of nitrogens with one attached hydrogen (secondary N) is 1. The summed E-state index contributed by atoms with van der Waals surface area (Å²) in [5, 5.41) is 41.1. The number of benzene rings is 2. The molecule has 2 aromatic carbocycles. The molecule has 0 saturated carbocycles. The van der Waals surface area contributed by atoms with Crippen LogP contribution in [-0.2, 0) is 14.3 Å². The van der Waals surface area contributed by atoms with E-state index >= 15 is 0 Å². The van der Waals surface area contributed by atoms with Crippen molar-refractivity contribution in [3.05, 3.63) is 59.7 Å². The Morgan fingerprint density at radius 1 is 0.903 bits per heavy atom. The van der Waals surface area contributed by atoms with Crippen LogP contribution >= 0.6 is 0 Å². The topological polar surface area (TPSA) is 146 Å². The van der Waals surface area contributed by atoms with Gasteiger partial charge in [-0.05, 0) is 22.3 Å². The van der Waals surface area contributed by atoms with Gasteiger partial charge in [0.05, 0.1) is 0 Å². The van der Waals surface area contributed by atoms with Crippen molar-refractivity contribution in [1.82, 2.24) is 5.32 Å². The van der Waals surface area contributed by atoms with Gasteiger partial charge >= 0.3 is 12.1 Å². The Bertz CT molecular complexity index is 934. The molecule has 1 amide bonds. The lowest BCUT2D eigenvalue weighted by molar-refractivity contribution is -0.226. The number of amides is 1. The number of carboxylic acid groups (broad SMARTS) is 1. The van der Waals surface area contributed by atoms with Gasteiger partial charge < -0.3 is 35.2 Å². The van der Waals surface area contributed by atoms with Crippen molar-refractivity contribution in [1.29, 1.82) is 0 Å². The molecule has 0 aromatic heterocycles. The molecule has 1 saturated heterocycles. The van der Waals surface area contributed by atoms with E-state index < -0.39 is 42.6 Å². The van der Waals surface area contributed by atoms with Crippen molar-refractivity contribution in [2.75, 3.05) is 13.2 Å². The van der Waals surface area contributed by atoms with Crippen LogP contribution in [0.3, 0.4) is 0 Å². The predicted molar refractivity (Wildman–Crippen MR) is 107 cm³/mol. The van der Waals surface area contributed by atoms with E-state index in [0.717, 1.165) is 22.3 Å². The molecule has 1 heterocycles. The van der Waals surface area contributed by atoms with Gasteiger partial charge in [0.2, 0.25) is 0 Å². The second-order valence-electron chi connectivity index (χ2n) is 7.61. The van der Waals surface area contributed by atoms with Crippen molar-refractivity contribution < 1.29 is 39.5 Å². The first-order valence-corrected chi connectivity index (χ1v) is 9.89. The highest BCUT2D eigenvalue weighted by molar-refractivity contribution is 5.79. The van der Waals surface area contributed by atoms with Crippen LogP contribution in [-0.4, -0.2) is 76.2 Å². The number of aliphatic hydroxyl groups excluding tert-OH is 3. The standard InChI is InChI=1S/C22H23NO8/c24-17-16(31-20(21(27)28)19(26)18(17)25)9-23-22(29)30-10-15-13-7-3-1-5-11(13)12-6-2-4-8-14(12)15/h1-8,15-20,24-26H,9-10H2,(H,23,29)(H,27,28)/t16-,17-,18+,19+,20-/m0/s1. The van der Waals surface area contributed by atoms with Gasteiger partial charge in [-0.15, -0.1) is 0 Å². The SMILES string of the molecule is O=C(NC[C@@H]1O[C@H](C(=O)O)[C@H](O)[C@H](O)[C@H]1O)OCC1c2ccccc2-c2ccccc21. The number of carboxylic acids is 1. The number of carbonyl (C=O) groups is 2. The van der Waals surface area contributed by atoms with Gasteiger partial charge in [0.1, 0.15) is 31.0 Å². The Morgan fingerprint density at radius 3 is 2.06 bits per heavy atom. The highest BCUT2D eigenvalue weighted by atomic mass is 16.6. The fourth-order valence-electron chi connectivity index (χ4n) is 4.16. The van der Waals surface area contributed by atoms with E-state index in [-0.39, 0.29) is 19.1 Å². The Hall–Kier alpha value is -2.98. The minimum Gasteiger partial charge on any atom is -0.479 e. The Balaban J connectivity index is 1.37. The number of hydrogen-bond donors (Lipinski definition) is 5. The van der Waals surface area contributed by atoms with E-state index in [1.165, 1.54) is 0 Å². The first kappa shape index (κ1) is 21.3. The number of hydrogen-bond acceptors (Lipinski definition) is 7. The molecule has 5 atom stereocenters. The van der Waals surface area contributed by atoms with Crippen LogP contribution in [0.1, 0.15) is 17.0 Å². The zero-order chi connectivity index (χ0) is 22.1. The second-order valence-corrected chi connectivity index (χ2v) is 7.61. The van der Waals surface area contributed by atoms with Crippen molar-refractivity contribution in [2.45, 2.75) is 36.4 Å². The van der Waals surface area contributed by atoms with Crippen LogP contribution in [0.2, 0.25) is 0 Å². The van der Waals surface area contributed by atoms with Crippen LogP contribution in [0, 0.1) is 0 Å². The van der Waals surface area contributed by atoms with Gasteiger partial charge in [-0.3, -0.25) is 0 Å². The van der Waals surface area contributed by atoms with E-state index in [0.29, 0.717) is 0 Å². The molecular weight excluding hydrogens is 406 g/mol. The second kappa shape index (κ2) is 8.64. The Labute approximate surface area is 177 Å². The molecule has 0 radical (unpaired) electrons. The zero-order valence-electron chi connectivity index (χ0n) is 16.4. The molecule has 2 aromatic rings. The summed E-state index contributed by atoms with van der Waals surface area (Å²) in [6, 6.07) is 15.8. The van der Waals surface area contributed by atoms with Crippen LogP contribution in [0.25, 0.3) is 11.1 Å². The minimum atomic E-state index is -1.78. The Kier molecular flexibility index (Phi) is 5.92. The molecule has 164 valence electrons. The van der Waals surface area contributed by atoms with Crippen molar-refractivity contribution in [3.8, 4) is 11.1 Å². The van der Waals surface area contributed by atoms with E-state index in [4.69, 9.17) is 14.6 Å². The maximum absolute atomic E-state index is 12.2. The van der Waals surface area contributed by atoms with Crippen LogP contribution in [0.4, 0.5) is 4.79 Å². The molecule has 1 aliphatic heterocycles. The third-order valence-corrected chi connectivity index (χ3v) is 5.75. The summed E-state index contributed by atoms with van der Waals surface area (Å²) in [7, 11) is 0. The predicted octanol–water partition coefficient (Wildman–Crippen LogP) is 0.460. The first-order chi connectivity index (χ1) is 14.9. The summed E-state index contributed by atoms with van der Waals surface area (Å²) in [5.41, 5.74) is 4.31. The van der Waals surface area contributed by atoms with E-state index in [9.17, 15) is 24.9 Å². The van der Waals surface area contributed by atoms with Gasteiger partial charge in [-0.25, -0.2) is 9.59 Å². The minimum absolute atomic E-state index is 0.0903. The zero-order valence-corrected chi connectivity index (χ0v) is 16.4. The van der Waals surface area contributed by atoms with Gasteiger partial charge in [0.25, 0.3) is 0 Å². The third kappa shape index (κ3) is 4.00. The Morgan fingerprint density at radius 2 is 1.48 bits per heavy atom. The number of ether oxygens (including phenoxy) is 2. The van der Waals surface area contributed by atoms with Gasteiger partial charge in [-0.1, -0.05) is 48.5 Å². The summed E-state index contributed by atoms with van der Waals surface area (Å²) in [6.07, 6.45) is -8.78. The molecule has 1 aliphatic carbocycles. The smallest absolute Gasteiger partial charge is 0.407 e. The quantitative estimate of drug-likeness (QED) is 0.461. The molecule has 9 nitrogen and oxygen atoms in total. The van der Waals surface area contributed by atoms with Gasteiger partial charge in [0, 0.05) is 12.5 Å². The van der Waals surface area contributed by atoms with Crippen molar-refractivity contribution in [3.63, 3.8) is 0 Å². The fraction of sp³-hybridized carbons (Fsp3) is 0.364. The lowest BCUT2D eigenvalue weighted by atomic mass is 9.95. The summed E-state index contributed by atoms with van der Waals surface area (Å²) < 4.78 is 10.5. The van der Waals surface area contributed by atoms with Crippen LogP contribution < -0.4 is 5.32 Å². The fourth-order valence-corrected chi connectivity index (χ4v) is 4.16. The monoisotopic (exact) mass is 429 g/mol. The molecule has 0 spiro atoms. The lowest BCUT2D eigenvalue weighted by Crippen LogP contribution is -2.61. The van der Waals surface area contributed by atoms with Crippen LogP contribution in [0.15, 0.2) is 48.5 Å². The summed E-state index contributed by atoms with van der Waals surface area (Å²) in [6.45, 7) is -0.210. The summed E-state index contributed by atoms with van der Waals surface area (Å²) in [5.74, 6) is -1.60. The normalized spacial score (nSPS) is 27.3. The van der Waals surface area contributed by atoms with Gasteiger partial charge in [0.15, 0.2) is 6.10 Å². The van der Waals surface area contributed by atoms with E-state index in [1.54, 1.807) is 0 Å². The third-order valence-electron chi connectivity index (χ3n) is 5.75. The number of alkyl carbamates (subject to hydrolysis) is 1. The number of fused-ring (bicyclic) bond motifs is 3. The van der Waals surface area contributed by atoms with E-state index in [2.05, 4.69) is 5.32 Å². The van der Waals surface area contributed by atoms with Gasteiger partial charge in [-0.2, -0.15) is 0 Å². The highest BCUT2D eigenvalue weighted by Crippen LogP contribution is 2.44. The molecule has 1 fully saturated rings. The molecule has 4 rings (SSSR count). The highest BCUT2D eigenvalue weighted by Gasteiger charge is 2.46. The summed E-state index contributed by atoms with van der Waals surface area (Å²) in [4.78, 5) is 23.4. The number of carbonyl (C=O) groups excluding carboxylic acids is 1. The average molecular weight is 429 g/mol. The molecule has 31 heavy (non-hydrogen) atoms.